The van der Waals surface area contributed by atoms with Gasteiger partial charge in [-0.1, -0.05) is 46.3 Å². The normalized spacial score (nSPS) is 11.4. The van der Waals surface area contributed by atoms with Gasteiger partial charge in [-0.05, 0) is 59.7 Å². The Labute approximate surface area is 166 Å². The van der Waals surface area contributed by atoms with E-state index < -0.39 is 10.0 Å². The number of hydrogen-bond acceptors (Lipinski definition) is 4. The van der Waals surface area contributed by atoms with Crippen molar-refractivity contribution in [3.63, 3.8) is 0 Å². The van der Waals surface area contributed by atoms with Gasteiger partial charge in [-0.25, -0.2) is 4.83 Å². The van der Waals surface area contributed by atoms with Gasteiger partial charge >= 0.3 is 0 Å². The smallest absolute Gasteiger partial charge is 0.276 e. The average Bonchev–Trinajstić information content (AvgIpc) is 2.68. The Morgan fingerprint density at radius 2 is 1.70 bits per heavy atom. The first kappa shape index (κ1) is 19.1. The monoisotopic (exact) mass is 444 g/mol. The van der Waals surface area contributed by atoms with Crippen molar-refractivity contribution in [3.05, 3.63) is 94.5 Å². The van der Waals surface area contributed by atoms with Gasteiger partial charge in [0.25, 0.3) is 10.0 Å². The summed E-state index contributed by atoms with van der Waals surface area (Å²) < 4.78 is 30.9. The second-order valence-corrected chi connectivity index (χ2v) is 8.23. The molecule has 0 unspecified atom stereocenters. The van der Waals surface area contributed by atoms with Crippen LogP contribution in [0.4, 0.5) is 0 Å². The van der Waals surface area contributed by atoms with Crippen LogP contribution in [0.15, 0.2) is 93.3 Å². The van der Waals surface area contributed by atoms with Crippen LogP contribution in [-0.4, -0.2) is 14.6 Å². The fourth-order valence-corrected chi connectivity index (χ4v) is 3.53. The van der Waals surface area contributed by atoms with E-state index in [1.807, 2.05) is 36.4 Å². The van der Waals surface area contributed by atoms with Gasteiger partial charge in [-0.3, -0.25) is 0 Å². The van der Waals surface area contributed by atoms with Crippen molar-refractivity contribution in [1.82, 2.24) is 4.83 Å². The third-order valence-corrected chi connectivity index (χ3v) is 5.35. The van der Waals surface area contributed by atoms with Crippen LogP contribution in [0.5, 0.6) is 5.75 Å². The summed E-state index contributed by atoms with van der Waals surface area (Å²) >= 11 is 3.43. The number of hydrogen-bond donors (Lipinski definition) is 1. The van der Waals surface area contributed by atoms with Crippen molar-refractivity contribution in [2.24, 2.45) is 5.10 Å². The molecule has 0 radical (unpaired) electrons. The maximum atomic E-state index is 12.1. The highest BCUT2D eigenvalue weighted by atomic mass is 79.9. The highest BCUT2D eigenvalue weighted by Gasteiger charge is 2.10. The standard InChI is InChI=1S/C20H17BrN2O3S/c21-18-6-4-5-17(13-18)15-26-19-11-9-16(10-12-19)14-22-23-27(24,25)20-7-2-1-3-8-20/h1-14,23H,15H2/b22-14+. The Kier molecular flexibility index (Phi) is 6.26. The van der Waals surface area contributed by atoms with E-state index in [4.69, 9.17) is 4.74 Å². The predicted octanol–water partition coefficient (Wildman–Crippen LogP) is 4.34. The van der Waals surface area contributed by atoms with E-state index >= 15 is 0 Å². The summed E-state index contributed by atoms with van der Waals surface area (Å²) in [6.45, 7) is 0.462. The summed E-state index contributed by atoms with van der Waals surface area (Å²) in [6.07, 6.45) is 1.44. The minimum atomic E-state index is -3.66. The average molecular weight is 445 g/mol. The second-order valence-electron chi connectivity index (χ2n) is 5.65. The predicted molar refractivity (Wildman–Crippen MR) is 109 cm³/mol. The molecule has 0 aliphatic heterocycles. The van der Waals surface area contributed by atoms with Crippen LogP contribution in [0.2, 0.25) is 0 Å². The van der Waals surface area contributed by atoms with Crippen LogP contribution < -0.4 is 9.57 Å². The third-order valence-electron chi connectivity index (χ3n) is 3.61. The largest absolute Gasteiger partial charge is 0.489 e. The fraction of sp³-hybridized carbons (Fsp3) is 0.0500. The summed E-state index contributed by atoms with van der Waals surface area (Å²) in [4.78, 5) is 2.36. The Balaban J connectivity index is 1.56. The van der Waals surface area contributed by atoms with E-state index in [1.165, 1.54) is 18.3 Å². The van der Waals surface area contributed by atoms with Crippen LogP contribution in [0.3, 0.4) is 0 Å². The van der Waals surface area contributed by atoms with Gasteiger partial charge in [0.15, 0.2) is 0 Å². The Hall–Kier alpha value is -2.64. The molecule has 3 aromatic rings. The van der Waals surface area contributed by atoms with E-state index in [-0.39, 0.29) is 4.90 Å². The van der Waals surface area contributed by atoms with E-state index in [0.29, 0.717) is 6.61 Å². The number of hydrazone groups is 1. The minimum absolute atomic E-state index is 0.165. The molecule has 0 bridgehead atoms. The molecule has 0 amide bonds. The van der Waals surface area contributed by atoms with Crippen LogP contribution in [0.1, 0.15) is 11.1 Å². The van der Waals surface area contributed by atoms with Gasteiger partial charge in [-0.2, -0.15) is 13.5 Å². The summed E-state index contributed by atoms with van der Waals surface area (Å²) in [5, 5.41) is 3.81. The molecule has 0 fully saturated rings. The van der Waals surface area contributed by atoms with E-state index in [1.54, 1.807) is 30.3 Å². The maximum absolute atomic E-state index is 12.1. The molecule has 0 aliphatic rings. The Bertz CT molecular complexity index is 1020. The van der Waals surface area contributed by atoms with Gasteiger partial charge in [0.05, 0.1) is 11.1 Å². The third kappa shape index (κ3) is 5.67. The number of nitrogens with one attached hydrogen (secondary N) is 1. The Morgan fingerprint density at radius 1 is 0.963 bits per heavy atom. The van der Waals surface area contributed by atoms with E-state index in [9.17, 15) is 8.42 Å². The van der Waals surface area contributed by atoms with Crippen molar-refractivity contribution in [2.45, 2.75) is 11.5 Å². The Morgan fingerprint density at radius 3 is 2.41 bits per heavy atom. The topological polar surface area (TPSA) is 67.8 Å². The highest BCUT2D eigenvalue weighted by Crippen LogP contribution is 2.16. The van der Waals surface area contributed by atoms with Gasteiger partial charge < -0.3 is 4.74 Å². The maximum Gasteiger partial charge on any atom is 0.276 e. The van der Waals surface area contributed by atoms with Gasteiger partial charge in [0.2, 0.25) is 0 Å². The van der Waals surface area contributed by atoms with Crippen molar-refractivity contribution in [2.75, 3.05) is 0 Å². The lowest BCUT2D eigenvalue weighted by molar-refractivity contribution is 0.306. The molecule has 0 heterocycles. The van der Waals surface area contributed by atoms with E-state index in [0.717, 1.165) is 21.3 Å². The number of nitrogens with zero attached hydrogens (tertiary/aromatic N) is 1. The molecule has 0 atom stereocenters. The molecule has 0 spiro atoms. The first-order valence-corrected chi connectivity index (χ1v) is 10.4. The van der Waals surface area contributed by atoms with Crippen LogP contribution in [0.25, 0.3) is 0 Å². The summed E-state index contributed by atoms with van der Waals surface area (Å²) in [7, 11) is -3.66. The molecule has 0 aliphatic carbocycles. The van der Waals surface area contributed by atoms with Crippen LogP contribution in [0, 0.1) is 0 Å². The van der Waals surface area contributed by atoms with Crippen molar-refractivity contribution in [1.29, 1.82) is 0 Å². The first-order valence-electron chi connectivity index (χ1n) is 8.10. The van der Waals surface area contributed by atoms with E-state index in [2.05, 4.69) is 25.9 Å². The molecule has 138 valence electrons. The fourth-order valence-electron chi connectivity index (χ4n) is 2.27. The summed E-state index contributed by atoms with van der Waals surface area (Å²) in [6, 6.07) is 23.2. The zero-order valence-corrected chi connectivity index (χ0v) is 16.7. The minimum Gasteiger partial charge on any atom is -0.489 e. The number of rotatable bonds is 7. The first-order chi connectivity index (χ1) is 13.0. The van der Waals surface area contributed by atoms with Crippen LogP contribution >= 0.6 is 15.9 Å². The quantitative estimate of drug-likeness (QED) is 0.435. The lowest BCUT2D eigenvalue weighted by Crippen LogP contribution is -2.18. The summed E-state index contributed by atoms with van der Waals surface area (Å²) in [5.74, 6) is 0.719. The lowest BCUT2D eigenvalue weighted by atomic mass is 10.2. The molecule has 0 saturated heterocycles. The summed E-state index contributed by atoms with van der Waals surface area (Å²) in [5.41, 5.74) is 1.81. The molecule has 1 N–H and O–H groups in total. The molecule has 3 aromatic carbocycles. The molecule has 27 heavy (non-hydrogen) atoms. The second kappa shape index (κ2) is 8.83. The van der Waals surface area contributed by atoms with Crippen molar-refractivity contribution < 1.29 is 13.2 Å². The SMILES string of the molecule is O=S(=O)(N/N=C/c1ccc(OCc2cccc(Br)c2)cc1)c1ccccc1. The van der Waals surface area contributed by atoms with Gasteiger partial charge in [-0.15, -0.1) is 0 Å². The van der Waals surface area contributed by atoms with Crippen LogP contribution in [-0.2, 0) is 16.6 Å². The molecule has 0 saturated carbocycles. The molecular formula is C20H17BrN2O3S. The number of benzene rings is 3. The zero-order valence-electron chi connectivity index (χ0n) is 14.2. The lowest BCUT2D eigenvalue weighted by Gasteiger charge is -2.07. The van der Waals surface area contributed by atoms with Crippen molar-refractivity contribution >= 4 is 32.2 Å². The molecule has 7 heteroatoms. The molecular weight excluding hydrogens is 428 g/mol. The van der Waals surface area contributed by atoms with Gasteiger partial charge in [0, 0.05) is 4.47 Å². The number of halogens is 1. The molecule has 3 rings (SSSR count). The molecule has 0 aromatic heterocycles. The highest BCUT2D eigenvalue weighted by molar-refractivity contribution is 9.10. The number of sulfonamides is 1. The zero-order chi connectivity index (χ0) is 19.1. The number of ether oxygens (including phenoxy) is 1. The van der Waals surface area contributed by atoms with Gasteiger partial charge in [0.1, 0.15) is 12.4 Å². The van der Waals surface area contributed by atoms with Crippen molar-refractivity contribution in [3.8, 4) is 5.75 Å². The molecule has 5 nitrogen and oxygen atoms in total.